The summed E-state index contributed by atoms with van der Waals surface area (Å²) in [5.41, 5.74) is 0.766. The molecule has 3 aromatic heterocycles. The smallest absolute Gasteiger partial charge is 0.416 e. The molecule has 1 aliphatic rings. The fourth-order valence-electron chi connectivity index (χ4n) is 2.72. The lowest BCUT2D eigenvalue weighted by Gasteiger charge is -2.15. The summed E-state index contributed by atoms with van der Waals surface area (Å²) in [6.45, 7) is 4.40. The van der Waals surface area contributed by atoms with Crippen LogP contribution in [0.3, 0.4) is 0 Å². The van der Waals surface area contributed by atoms with E-state index in [1.165, 1.54) is 4.90 Å². The van der Waals surface area contributed by atoms with Crippen LogP contribution in [0.4, 0.5) is 16.7 Å². The molecule has 0 spiro atoms. The standard InChI is InChI=1S/C17H17ClN8O2/c1-10(12-8-25(9-19-12)14-5-3-4-13(18)23-14)20-15-21-11(2)22-16(24-15)26-6-7-28-17(26)27/h3-5,8-10H,6-7H2,1-2H3,(H,20,21,22,24)/t10-/m0/s1. The van der Waals surface area contributed by atoms with Gasteiger partial charge in [-0.1, -0.05) is 17.7 Å². The molecule has 1 amide bonds. The Balaban J connectivity index is 1.53. The number of nitrogens with zero attached hydrogens (tertiary/aromatic N) is 7. The molecule has 1 atom stereocenters. The van der Waals surface area contributed by atoms with Gasteiger partial charge in [-0.3, -0.25) is 4.57 Å². The topological polar surface area (TPSA) is 111 Å². The van der Waals surface area contributed by atoms with Crippen LogP contribution in [0.1, 0.15) is 24.5 Å². The Morgan fingerprint density at radius 3 is 2.86 bits per heavy atom. The summed E-state index contributed by atoms with van der Waals surface area (Å²) in [6, 6.07) is 5.18. The van der Waals surface area contributed by atoms with Gasteiger partial charge in [-0.25, -0.2) is 19.7 Å². The zero-order valence-corrected chi connectivity index (χ0v) is 16.0. The number of imidazole rings is 1. The maximum absolute atomic E-state index is 11.8. The number of carbonyl (C=O) groups excluding carboxylic acids is 1. The van der Waals surface area contributed by atoms with Gasteiger partial charge in [0.05, 0.1) is 18.3 Å². The first kappa shape index (κ1) is 18.1. The summed E-state index contributed by atoms with van der Waals surface area (Å²) in [4.78, 5) is 34.7. The second kappa shape index (κ2) is 7.39. The highest BCUT2D eigenvalue weighted by atomic mass is 35.5. The minimum atomic E-state index is -0.461. The number of amides is 1. The third-order valence-electron chi connectivity index (χ3n) is 4.09. The van der Waals surface area contributed by atoms with Crippen LogP contribution in [0.25, 0.3) is 5.82 Å². The first-order valence-corrected chi connectivity index (χ1v) is 8.98. The van der Waals surface area contributed by atoms with Gasteiger partial charge in [0.1, 0.15) is 29.7 Å². The normalized spacial score (nSPS) is 14.8. The number of hydrogen-bond donors (Lipinski definition) is 1. The Hall–Kier alpha value is -3.27. The highest BCUT2D eigenvalue weighted by molar-refractivity contribution is 6.29. The SMILES string of the molecule is Cc1nc(N[C@@H](C)c2cn(-c3cccc(Cl)n3)cn2)nc(N2CCOC2=O)n1. The van der Waals surface area contributed by atoms with E-state index in [0.29, 0.717) is 35.9 Å². The highest BCUT2D eigenvalue weighted by Gasteiger charge is 2.27. The Kier molecular flexibility index (Phi) is 4.78. The summed E-state index contributed by atoms with van der Waals surface area (Å²) < 4.78 is 6.72. The number of pyridine rings is 1. The minimum absolute atomic E-state index is 0.194. The quantitative estimate of drug-likeness (QED) is 0.650. The number of carbonyl (C=O) groups is 1. The van der Waals surface area contributed by atoms with Gasteiger partial charge in [0, 0.05) is 6.20 Å². The number of rotatable bonds is 5. The summed E-state index contributed by atoms with van der Waals surface area (Å²) in [5, 5.41) is 3.60. The largest absolute Gasteiger partial charge is 0.447 e. The number of anilines is 2. The molecule has 3 aromatic rings. The Morgan fingerprint density at radius 2 is 2.11 bits per heavy atom. The van der Waals surface area contributed by atoms with E-state index in [1.54, 1.807) is 23.9 Å². The first-order chi connectivity index (χ1) is 13.5. The predicted octanol–water partition coefficient (Wildman–Crippen LogP) is 2.54. The van der Waals surface area contributed by atoms with E-state index in [0.717, 1.165) is 5.69 Å². The van der Waals surface area contributed by atoms with Crippen LogP contribution in [-0.2, 0) is 4.74 Å². The third kappa shape index (κ3) is 3.72. The van der Waals surface area contributed by atoms with Crippen molar-refractivity contribution in [3.05, 3.63) is 47.4 Å². The molecule has 1 N–H and O–H groups in total. The number of halogens is 1. The molecular weight excluding hydrogens is 384 g/mol. The van der Waals surface area contributed by atoms with E-state index in [4.69, 9.17) is 16.3 Å². The van der Waals surface area contributed by atoms with E-state index >= 15 is 0 Å². The second-order valence-corrected chi connectivity index (χ2v) is 6.55. The van der Waals surface area contributed by atoms with Crippen LogP contribution >= 0.6 is 11.6 Å². The number of ether oxygens (including phenoxy) is 1. The van der Waals surface area contributed by atoms with Gasteiger partial charge in [-0.2, -0.15) is 15.0 Å². The fourth-order valence-corrected chi connectivity index (χ4v) is 2.88. The van der Waals surface area contributed by atoms with Crippen molar-refractivity contribution in [2.24, 2.45) is 0 Å². The van der Waals surface area contributed by atoms with Crippen molar-refractivity contribution in [2.45, 2.75) is 19.9 Å². The van der Waals surface area contributed by atoms with Crippen LogP contribution < -0.4 is 10.2 Å². The third-order valence-corrected chi connectivity index (χ3v) is 4.30. The van der Waals surface area contributed by atoms with Crippen LogP contribution in [0, 0.1) is 6.92 Å². The molecule has 1 fully saturated rings. The van der Waals surface area contributed by atoms with Crippen molar-refractivity contribution < 1.29 is 9.53 Å². The lowest BCUT2D eigenvalue weighted by molar-refractivity contribution is 0.181. The molecule has 1 aliphatic heterocycles. The first-order valence-electron chi connectivity index (χ1n) is 8.60. The molecule has 4 rings (SSSR count). The van der Waals surface area contributed by atoms with Crippen LogP contribution in [-0.4, -0.2) is 48.7 Å². The summed E-state index contributed by atoms with van der Waals surface area (Å²) >= 11 is 5.95. The van der Waals surface area contributed by atoms with Gasteiger partial charge >= 0.3 is 6.09 Å². The second-order valence-electron chi connectivity index (χ2n) is 6.16. The summed E-state index contributed by atoms with van der Waals surface area (Å²) in [5.74, 6) is 1.78. The molecule has 144 valence electrons. The van der Waals surface area contributed by atoms with E-state index in [9.17, 15) is 4.79 Å². The number of cyclic esters (lactones) is 1. The van der Waals surface area contributed by atoms with Crippen molar-refractivity contribution in [3.63, 3.8) is 0 Å². The van der Waals surface area contributed by atoms with Crippen molar-refractivity contribution in [2.75, 3.05) is 23.4 Å². The van der Waals surface area contributed by atoms with Gasteiger partial charge < -0.3 is 10.1 Å². The van der Waals surface area contributed by atoms with Crippen molar-refractivity contribution in [1.29, 1.82) is 0 Å². The monoisotopic (exact) mass is 400 g/mol. The zero-order chi connectivity index (χ0) is 19.7. The summed E-state index contributed by atoms with van der Waals surface area (Å²) in [6.07, 6.45) is 3.05. The molecule has 10 nitrogen and oxygen atoms in total. The van der Waals surface area contributed by atoms with E-state index in [1.807, 2.05) is 25.3 Å². The van der Waals surface area contributed by atoms with Gasteiger partial charge in [0.2, 0.25) is 11.9 Å². The number of aryl methyl sites for hydroxylation is 1. The summed E-state index contributed by atoms with van der Waals surface area (Å²) in [7, 11) is 0. The molecule has 0 saturated carbocycles. The Bertz CT molecular complexity index is 1020. The number of aromatic nitrogens is 6. The van der Waals surface area contributed by atoms with Crippen molar-refractivity contribution in [3.8, 4) is 5.82 Å². The molecule has 0 aliphatic carbocycles. The maximum atomic E-state index is 11.8. The van der Waals surface area contributed by atoms with Gasteiger partial charge in [-0.05, 0) is 26.0 Å². The molecule has 28 heavy (non-hydrogen) atoms. The van der Waals surface area contributed by atoms with E-state index in [2.05, 4.69) is 30.2 Å². The molecule has 1 saturated heterocycles. The van der Waals surface area contributed by atoms with E-state index in [-0.39, 0.29) is 12.0 Å². The molecule has 11 heteroatoms. The van der Waals surface area contributed by atoms with Crippen molar-refractivity contribution in [1.82, 2.24) is 29.5 Å². The Labute approximate surface area is 165 Å². The molecular formula is C17H17ClN8O2. The van der Waals surface area contributed by atoms with E-state index < -0.39 is 6.09 Å². The predicted molar refractivity (Wildman–Crippen MR) is 102 cm³/mol. The van der Waals surface area contributed by atoms with Gasteiger partial charge in [0.15, 0.2) is 0 Å². The van der Waals surface area contributed by atoms with Gasteiger partial charge in [-0.15, -0.1) is 0 Å². The fraction of sp³-hybridized carbons (Fsp3) is 0.294. The number of hydrogen-bond acceptors (Lipinski definition) is 8. The maximum Gasteiger partial charge on any atom is 0.416 e. The average molecular weight is 401 g/mol. The molecule has 0 unspecified atom stereocenters. The van der Waals surface area contributed by atoms with Crippen molar-refractivity contribution >= 4 is 29.6 Å². The minimum Gasteiger partial charge on any atom is -0.447 e. The molecule has 0 radical (unpaired) electrons. The molecule has 4 heterocycles. The molecule has 0 bridgehead atoms. The van der Waals surface area contributed by atoms with Crippen LogP contribution in [0.15, 0.2) is 30.7 Å². The van der Waals surface area contributed by atoms with Crippen LogP contribution in [0.2, 0.25) is 5.15 Å². The lowest BCUT2D eigenvalue weighted by atomic mass is 10.2. The average Bonchev–Trinajstić information content (AvgIpc) is 3.30. The lowest BCUT2D eigenvalue weighted by Crippen LogP contribution is -2.26. The Morgan fingerprint density at radius 1 is 1.25 bits per heavy atom. The zero-order valence-electron chi connectivity index (χ0n) is 15.2. The highest BCUT2D eigenvalue weighted by Crippen LogP contribution is 2.20. The number of nitrogens with one attached hydrogen (secondary N) is 1. The molecule has 0 aromatic carbocycles. The van der Waals surface area contributed by atoms with Crippen LogP contribution in [0.5, 0.6) is 0 Å². The van der Waals surface area contributed by atoms with Gasteiger partial charge in [0.25, 0.3) is 0 Å².